The summed E-state index contributed by atoms with van der Waals surface area (Å²) in [4.78, 5) is 20.7. The van der Waals surface area contributed by atoms with Gasteiger partial charge in [0.2, 0.25) is 0 Å². The van der Waals surface area contributed by atoms with Gasteiger partial charge < -0.3 is 15.3 Å². The van der Waals surface area contributed by atoms with Crippen LogP contribution in [0.4, 0.5) is 5.82 Å². The van der Waals surface area contributed by atoms with Crippen LogP contribution in [0.1, 0.15) is 23.7 Å². The van der Waals surface area contributed by atoms with Crippen LogP contribution >= 0.6 is 11.6 Å². The molecule has 0 spiro atoms. The Hall–Kier alpha value is -1.37. The fourth-order valence-electron chi connectivity index (χ4n) is 2.72. The highest BCUT2D eigenvalue weighted by Gasteiger charge is 2.25. The third-order valence-electron chi connectivity index (χ3n) is 4.10. The summed E-state index contributed by atoms with van der Waals surface area (Å²) >= 11 is 5.96. The predicted octanol–water partition coefficient (Wildman–Crippen LogP) is 1.31. The fraction of sp³-hybridized carbons (Fsp3) is 0.600. The molecular weight excluding hydrogens is 304 g/mol. The van der Waals surface area contributed by atoms with E-state index >= 15 is 0 Å². The maximum Gasteiger partial charge on any atom is 0.254 e. The van der Waals surface area contributed by atoms with Gasteiger partial charge in [-0.3, -0.25) is 9.69 Å². The quantitative estimate of drug-likeness (QED) is 0.798. The van der Waals surface area contributed by atoms with Crippen molar-refractivity contribution < 1.29 is 9.90 Å². The van der Waals surface area contributed by atoms with Crippen molar-refractivity contribution in [2.24, 2.45) is 0 Å². The Morgan fingerprint density at radius 2 is 2.09 bits per heavy atom. The van der Waals surface area contributed by atoms with Crippen molar-refractivity contribution in [3.05, 3.63) is 22.8 Å². The Bertz CT molecular complexity index is 514. The number of amides is 1. The summed E-state index contributed by atoms with van der Waals surface area (Å²) in [6.45, 7) is 5.10. The average molecular weight is 327 g/mol. The van der Waals surface area contributed by atoms with Gasteiger partial charge in [0.05, 0.1) is 6.61 Å². The van der Waals surface area contributed by atoms with E-state index in [4.69, 9.17) is 11.6 Å². The zero-order valence-corrected chi connectivity index (χ0v) is 13.8. The molecule has 0 saturated carbocycles. The molecule has 7 heteroatoms. The van der Waals surface area contributed by atoms with Gasteiger partial charge in [0.15, 0.2) is 0 Å². The number of carbonyl (C=O) groups excluding carboxylic acids is 1. The molecule has 1 aromatic heterocycles. The van der Waals surface area contributed by atoms with Crippen LogP contribution in [0.25, 0.3) is 0 Å². The van der Waals surface area contributed by atoms with Gasteiger partial charge in [-0.05, 0) is 18.6 Å². The van der Waals surface area contributed by atoms with Crippen LogP contribution in [0, 0.1) is 0 Å². The summed E-state index contributed by atoms with van der Waals surface area (Å²) in [7, 11) is 1.74. The van der Waals surface area contributed by atoms with Gasteiger partial charge in [0.25, 0.3) is 5.91 Å². The number of nitrogens with one attached hydrogen (secondary N) is 1. The highest BCUT2D eigenvalue weighted by atomic mass is 35.5. The van der Waals surface area contributed by atoms with Crippen LogP contribution in [0.15, 0.2) is 12.1 Å². The summed E-state index contributed by atoms with van der Waals surface area (Å²) in [5, 5.41) is 12.6. The van der Waals surface area contributed by atoms with E-state index < -0.39 is 0 Å². The van der Waals surface area contributed by atoms with E-state index in [1.54, 1.807) is 19.2 Å². The molecule has 6 nitrogen and oxygen atoms in total. The Kier molecular flexibility index (Phi) is 5.99. The smallest absolute Gasteiger partial charge is 0.254 e. The molecule has 0 aromatic carbocycles. The van der Waals surface area contributed by atoms with Crippen LogP contribution in [-0.4, -0.2) is 71.7 Å². The molecule has 2 heterocycles. The highest BCUT2D eigenvalue weighted by Crippen LogP contribution is 2.17. The standard InChI is InChI=1S/C15H23ClN4O2/c1-3-12(10-21)19-4-6-20(7-5-19)15(22)11-8-13(16)18-14(9-11)17-2/h8-9,12,21H,3-7,10H2,1-2H3,(H,17,18). The second-order valence-corrected chi connectivity index (χ2v) is 5.77. The lowest BCUT2D eigenvalue weighted by molar-refractivity contribution is 0.0472. The second-order valence-electron chi connectivity index (χ2n) is 5.39. The molecule has 122 valence electrons. The zero-order chi connectivity index (χ0) is 16.1. The lowest BCUT2D eigenvalue weighted by Crippen LogP contribution is -2.52. The van der Waals surface area contributed by atoms with Crippen LogP contribution in [-0.2, 0) is 0 Å². The molecule has 1 unspecified atom stereocenters. The van der Waals surface area contributed by atoms with Crippen LogP contribution in [0.5, 0.6) is 0 Å². The van der Waals surface area contributed by atoms with E-state index in [9.17, 15) is 9.90 Å². The van der Waals surface area contributed by atoms with E-state index in [1.165, 1.54) is 0 Å². The summed E-state index contributed by atoms with van der Waals surface area (Å²) in [5.41, 5.74) is 0.548. The van der Waals surface area contributed by atoms with Gasteiger partial charge in [0, 0.05) is 44.8 Å². The largest absolute Gasteiger partial charge is 0.395 e. The number of carbonyl (C=O) groups is 1. The van der Waals surface area contributed by atoms with E-state index in [2.05, 4.69) is 22.1 Å². The van der Waals surface area contributed by atoms with Crippen molar-refractivity contribution in [2.75, 3.05) is 45.2 Å². The molecule has 1 aliphatic rings. The van der Waals surface area contributed by atoms with E-state index in [-0.39, 0.29) is 18.6 Å². The van der Waals surface area contributed by atoms with E-state index in [0.717, 1.165) is 19.5 Å². The first-order chi connectivity index (χ1) is 10.6. The molecule has 1 atom stereocenters. The molecule has 0 radical (unpaired) electrons. The van der Waals surface area contributed by atoms with Gasteiger partial charge >= 0.3 is 0 Å². The van der Waals surface area contributed by atoms with Gasteiger partial charge in [-0.2, -0.15) is 0 Å². The highest BCUT2D eigenvalue weighted by molar-refractivity contribution is 6.29. The molecule has 1 fully saturated rings. The summed E-state index contributed by atoms with van der Waals surface area (Å²) < 4.78 is 0. The number of aromatic nitrogens is 1. The summed E-state index contributed by atoms with van der Waals surface area (Å²) in [5.74, 6) is 0.554. The Labute approximate surface area is 136 Å². The monoisotopic (exact) mass is 326 g/mol. The molecule has 2 N–H and O–H groups in total. The zero-order valence-electron chi connectivity index (χ0n) is 13.0. The molecule has 1 amide bonds. The minimum atomic E-state index is -0.0301. The molecule has 2 rings (SSSR count). The number of aliphatic hydroxyl groups excluding tert-OH is 1. The number of aliphatic hydroxyl groups is 1. The summed E-state index contributed by atoms with van der Waals surface area (Å²) in [6.07, 6.45) is 0.913. The molecule has 0 bridgehead atoms. The molecule has 1 aromatic rings. The molecule has 22 heavy (non-hydrogen) atoms. The number of hydrogen-bond donors (Lipinski definition) is 2. The van der Waals surface area contributed by atoms with Crippen LogP contribution in [0.3, 0.4) is 0 Å². The fourth-order valence-corrected chi connectivity index (χ4v) is 2.93. The van der Waals surface area contributed by atoms with Gasteiger partial charge in [0.1, 0.15) is 11.0 Å². The van der Waals surface area contributed by atoms with Gasteiger partial charge in [-0.1, -0.05) is 18.5 Å². The number of halogens is 1. The van der Waals surface area contributed by atoms with E-state index in [1.807, 2.05) is 4.90 Å². The Morgan fingerprint density at radius 1 is 1.41 bits per heavy atom. The first-order valence-electron chi connectivity index (χ1n) is 7.58. The average Bonchev–Trinajstić information content (AvgIpc) is 2.55. The second kappa shape index (κ2) is 7.76. The third-order valence-corrected chi connectivity index (χ3v) is 4.29. The number of hydrogen-bond acceptors (Lipinski definition) is 5. The van der Waals surface area contributed by atoms with Gasteiger partial charge in [-0.25, -0.2) is 4.98 Å². The third kappa shape index (κ3) is 3.88. The van der Waals surface area contributed by atoms with Crippen molar-refractivity contribution in [1.29, 1.82) is 0 Å². The van der Waals surface area contributed by atoms with Crippen molar-refractivity contribution in [2.45, 2.75) is 19.4 Å². The van der Waals surface area contributed by atoms with Gasteiger partial charge in [-0.15, -0.1) is 0 Å². The van der Waals surface area contributed by atoms with Crippen LogP contribution in [0.2, 0.25) is 5.15 Å². The molecule has 1 saturated heterocycles. The van der Waals surface area contributed by atoms with Crippen LogP contribution < -0.4 is 5.32 Å². The first kappa shape index (κ1) is 17.0. The number of anilines is 1. The van der Waals surface area contributed by atoms with Crippen molar-refractivity contribution in [3.63, 3.8) is 0 Å². The molecule has 1 aliphatic heterocycles. The Balaban J connectivity index is 2.02. The number of pyridine rings is 1. The maximum atomic E-state index is 12.6. The van der Waals surface area contributed by atoms with Crippen molar-refractivity contribution in [3.8, 4) is 0 Å². The minimum absolute atomic E-state index is 0.0301. The number of nitrogens with zero attached hydrogens (tertiary/aromatic N) is 3. The molecule has 0 aliphatic carbocycles. The lowest BCUT2D eigenvalue weighted by Gasteiger charge is -2.38. The predicted molar refractivity (Wildman–Crippen MR) is 87.4 cm³/mol. The molecular formula is C15H23ClN4O2. The first-order valence-corrected chi connectivity index (χ1v) is 7.96. The van der Waals surface area contributed by atoms with E-state index in [0.29, 0.717) is 29.6 Å². The lowest BCUT2D eigenvalue weighted by atomic mass is 10.1. The Morgan fingerprint density at radius 3 is 2.64 bits per heavy atom. The van der Waals surface area contributed by atoms with Crippen molar-refractivity contribution in [1.82, 2.24) is 14.8 Å². The number of rotatable bonds is 5. The summed E-state index contributed by atoms with van der Waals surface area (Å²) in [6, 6.07) is 3.49. The van der Waals surface area contributed by atoms with Crippen molar-refractivity contribution >= 4 is 23.3 Å². The number of piperazine rings is 1. The topological polar surface area (TPSA) is 68.7 Å². The minimum Gasteiger partial charge on any atom is -0.395 e. The maximum absolute atomic E-state index is 12.6. The normalized spacial score (nSPS) is 17.4. The SMILES string of the molecule is CCC(CO)N1CCN(C(=O)c2cc(Cl)nc(NC)c2)CC1.